The van der Waals surface area contributed by atoms with E-state index in [2.05, 4.69) is 9.97 Å². The highest BCUT2D eigenvalue weighted by Crippen LogP contribution is 2.17. The Bertz CT molecular complexity index is 420. The molecule has 0 aliphatic heterocycles. The van der Waals surface area contributed by atoms with Crippen LogP contribution in [-0.2, 0) is 0 Å². The second kappa shape index (κ2) is 3.01. The van der Waals surface area contributed by atoms with Crippen molar-refractivity contribution < 1.29 is 4.42 Å². The highest BCUT2D eigenvalue weighted by Gasteiger charge is 2.03. The number of oxazole rings is 1. The SMILES string of the molecule is Cc1cccc(-c2cnc(C)o2)n1. The van der Waals surface area contributed by atoms with Gasteiger partial charge < -0.3 is 4.42 Å². The van der Waals surface area contributed by atoms with Gasteiger partial charge in [-0.15, -0.1) is 0 Å². The van der Waals surface area contributed by atoms with Crippen LogP contribution < -0.4 is 0 Å². The molecule has 0 aliphatic carbocycles. The van der Waals surface area contributed by atoms with Crippen molar-refractivity contribution in [2.75, 3.05) is 0 Å². The van der Waals surface area contributed by atoms with Gasteiger partial charge in [0.15, 0.2) is 11.7 Å². The molecule has 2 rings (SSSR count). The summed E-state index contributed by atoms with van der Waals surface area (Å²) in [4.78, 5) is 8.34. The van der Waals surface area contributed by atoms with Crippen molar-refractivity contribution in [3.8, 4) is 11.5 Å². The molecule has 3 heteroatoms. The average Bonchev–Trinajstić information content (AvgIpc) is 2.52. The number of rotatable bonds is 1. The standard InChI is InChI=1S/C10H10N2O/c1-7-4-3-5-9(12-7)10-6-11-8(2)13-10/h3-6H,1-2H3. The highest BCUT2D eigenvalue weighted by molar-refractivity contribution is 5.50. The molecule has 0 aromatic carbocycles. The van der Waals surface area contributed by atoms with Crippen LogP contribution in [0, 0.1) is 13.8 Å². The lowest BCUT2D eigenvalue weighted by molar-refractivity contribution is 0.532. The van der Waals surface area contributed by atoms with Gasteiger partial charge in [0.1, 0.15) is 5.69 Å². The van der Waals surface area contributed by atoms with Crippen LogP contribution >= 0.6 is 0 Å². The van der Waals surface area contributed by atoms with E-state index in [1.807, 2.05) is 32.0 Å². The average molecular weight is 174 g/mol. The molecule has 2 heterocycles. The molecular weight excluding hydrogens is 164 g/mol. The third-order valence-electron chi connectivity index (χ3n) is 1.76. The predicted molar refractivity (Wildman–Crippen MR) is 49.2 cm³/mol. The molecule has 2 aromatic heterocycles. The minimum absolute atomic E-state index is 0.665. The molecule has 0 aliphatic rings. The minimum Gasteiger partial charge on any atom is -0.439 e. The molecule has 0 N–H and O–H groups in total. The molecule has 0 saturated carbocycles. The summed E-state index contributed by atoms with van der Waals surface area (Å²) in [7, 11) is 0. The van der Waals surface area contributed by atoms with Gasteiger partial charge in [-0.25, -0.2) is 9.97 Å². The molecule has 0 spiro atoms. The fourth-order valence-corrected chi connectivity index (χ4v) is 1.16. The van der Waals surface area contributed by atoms with E-state index in [9.17, 15) is 0 Å². The fourth-order valence-electron chi connectivity index (χ4n) is 1.16. The largest absolute Gasteiger partial charge is 0.439 e. The van der Waals surface area contributed by atoms with Gasteiger partial charge in [0, 0.05) is 12.6 Å². The van der Waals surface area contributed by atoms with E-state index < -0.39 is 0 Å². The molecular formula is C10H10N2O. The van der Waals surface area contributed by atoms with Gasteiger partial charge >= 0.3 is 0 Å². The van der Waals surface area contributed by atoms with Crippen LogP contribution in [0.4, 0.5) is 0 Å². The maximum atomic E-state index is 5.35. The number of nitrogens with zero attached hydrogens (tertiary/aromatic N) is 2. The van der Waals surface area contributed by atoms with E-state index in [0.29, 0.717) is 5.89 Å². The predicted octanol–water partition coefficient (Wildman–Crippen LogP) is 2.35. The van der Waals surface area contributed by atoms with Crippen molar-refractivity contribution in [3.63, 3.8) is 0 Å². The Morgan fingerprint density at radius 2 is 2.08 bits per heavy atom. The Labute approximate surface area is 76.5 Å². The van der Waals surface area contributed by atoms with Crippen LogP contribution in [0.2, 0.25) is 0 Å². The van der Waals surface area contributed by atoms with E-state index in [-0.39, 0.29) is 0 Å². The van der Waals surface area contributed by atoms with Gasteiger partial charge in [0.2, 0.25) is 0 Å². The van der Waals surface area contributed by atoms with Gasteiger partial charge in [0.05, 0.1) is 6.20 Å². The van der Waals surface area contributed by atoms with Crippen molar-refractivity contribution >= 4 is 0 Å². The number of hydrogen-bond acceptors (Lipinski definition) is 3. The molecule has 0 bridgehead atoms. The molecule has 0 amide bonds. The highest BCUT2D eigenvalue weighted by atomic mass is 16.4. The van der Waals surface area contributed by atoms with Crippen molar-refractivity contribution in [1.82, 2.24) is 9.97 Å². The van der Waals surface area contributed by atoms with Crippen molar-refractivity contribution in [2.45, 2.75) is 13.8 Å². The first-order chi connectivity index (χ1) is 6.25. The van der Waals surface area contributed by atoms with E-state index in [0.717, 1.165) is 17.1 Å². The summed E-state index contributed by atoms with van der Waals surface area (Å²) < 4.78 is 5.35. The van der Waals surface area contributed by atoms with E-state index in [1.54, 1.807) is 6.20 Å². The maximum absolute atomic E-state index is 5.35. The second-order valence-electron chi connectivity index (χ2n) is 2.91. The monoisotopic (exact) mass is 174 g/mol. The number of aromatic nitrogens is 2. The smallest absolute Gasteiger partial charge is 0.191 e. The fraction of sp³-hybridized carbons (Fsp3) is 0.200. The Balaban J connectivity index is 2.46. The third-order valence-corrected chi connectivity index (χ3v) is 1.76. The topological polar surface area (TPSA) is 38.9 Å². The summed E-state index contributed by atoms with van der Waals surface area (Å²) in [5.41, 5.74) is 1.81. The summed E-state index contributed by atoms with van der Waals surface area (Å²) in [6.07, 6.45) is 1.69. The number of hydrogen-bond donors (Lipinski definition) is 0. The van der Waals surface area contributed by atoms with Crippen LogP contribution in [0.25, 0.3) is 11.5 Å². The van der Waals surface area contributed by atoms with Crippen LogP contribution in [0.3, 0.4) is 0 Å². The summed E-state index contributed by atoms with van der Waals surface area (Å²) in [5.74, 6) is 1.39. The van der Waals surface area contributed by atoms with Crippen LogP contribution in [0.1, 0.15) is 11.6 Å². The molecule has 3 nitrogen and oxygen atoms in total. The van der Waals surface area contributed by atoms with E-state index in [4.69, 9.17) is 4.42 Å². The van der Waals surface area contributed by atoms with Gasteiger partial charge in [-0.2, -0.15) is 0 Å². The molecule has 0 unspecified atom stereocenters. The van der Waals surface area contributed by atoms with Gasteiger partial charge in [0.25, 0.3) is 0 Å². The van der Waals surface area contributed by atoms with Gasteiger partial charge in [-0.1, -0.05) is 6.07 Å². The summed E-state index contributed by atoms with van der Waals surface area (Å²) in [6.45, 7) is 3.77. The second-order valence-corrected chi connectivity index (χ2v) is 2.91. The molecule has 2 aromatic rings. The quantitative estimate of drug-likeness (QED) is 0.666. The first kappa shape index (κ1) is 7.98. The summed E-state index contributed by atoms with van der Waals surface area (Å²) in [6, 6.07) is 5.81. The van der Waals surface area contributed by atoms with E-state index >= 15 is 0 Å². The summed E-state index contributed by atoms with van der Waals surface area (Å²) in [5, 5.41) is 0. The Morgan fingerprint density at radius 3 is 2.69 bits per heavy atom. The molecule has 0 fully saturated rings. The van der Waals surface area contributed by atoms with Crippen LogP contribution in [0.15, 0.2) is 28.8 Å². The lowest BCUT2D eigenvalue weighted by Gasteiger charge is -1.95. The Kier molecular flexibility index (Phi) is 1.85. The van der Waals surface area contributed by atoms with Gasteiger partial charge in [-0.05, 0) is 19.1 Å². The van der Waals surface area contributed by atoms with E-state index in [1.165, 1.54) is 0 Å². The molecule has 0 atom stereocenters. The zero-order valence-electron chi connectivity index (χ0n) is 7.61. The Hall–Kier alpha value is -1.64. The first-order valence-electron chi connectivity index (χ1n) is 4.12. The van der Waals surface area contributed by atoms with Crippen molar-refractivity contribution in [3.05, 3.63) is 36.0 Å². The maximum Gasteiger partial charge on any atom is 0.191 e. The molecule has 0 saturated heterocycles. The normalized spacial score (nSPS) is 10.3. The Morgan fingerprint density at radius 1 is 1.23 bits per heavy atom. The molecule has 0 radical (unpaired) electrons. The van der Waals surface area contributed by atoms with Gasteiger partial charge in [-0.3, -0.25) is 0 Å². The molecule has 66 valence electrons. The molecule has 13 heavy (non-hydrogen) atoms. The lowest BCUT2D eigenvalue weighted by Crippen LogP contribution is -1.83. The number of pyridine rings is 1. The summed E-state index contributed by atoms with van der Waals surface area (Å²) >= 11 is 0. The first-order valence-corrected chi connectivity index (χ1v) is 4.12. The third kappa shape index (κ3) is 1.59. The van der Waals surface area contributed by atoms with Crippen molar-refractivity contribution in [1.29, 1.82) is 0 Å². The van der Waals surface area contributed by atoms with Crippen LogP contribution in [-0.4, -0.2) is 9.97 Å². The zero-order chi connectivity index (χ0) is 9.26. The number of aryl methyl sites for hydroxylation is 2. The minimum atomic E-state index is 0.665. The van der Waals surface area contributed by atoms with Crippen molar-refractivity contribution in [2.24, 2.45) is 0 Å². The lowest BCUT2D eigenvalue weighted by atomic mass is 10.3. The zero-order valence-corrected chi connectivity index (χ0v) is 7.61. The van der Waals surface area contributed by atoms with Crippen LogP contribution in [0.5, 0.6) is 0 Å².